The van der Waals surface area contributed by atoms with Gasteiger partial charge in [-0.1, -0.05) is 19.1 Å². The van der Waals surface area contributed by atoms with Crippen molar-refractivity contribution in [1.29, 1.82) is 0 Å². The minimum absolute atomic E-state index is 0.0688. The number of hydrogen-bond acceptors (Lipinski definition) is 5. The number of aryl methyl sites for hydroxylation is 1. The molecule has 0 spiro atoms. The van der Waals surface area contributed by atoms with E-state index in [1.807, 2.05) is 13.8 Å². The Morgan fingerprint density at radius 3 is 2.31 bits per heavy atom. The van der Waals surface area contributed by atoms with Crippen LogP contribution in [0.3, 0.4) is 0 Å². The van der Waals surface area contributed by atoms with Crippen LogP contribution in [0.5, 0.6) is 11.5 Å². The lowest BCUT2D eigenvalue weighted by Crippen LogP contribution is -2.41. The third-order valence-corrected chi connectivity index (χ3v) is 4.93. The lowest BCUT2D eigenvalue weighted by Gasteiger charge is -2.12. The van der Waals surface area contributed by atoms with Gasteiger partial charge in [-0.15, -0.1) is 4.83 Å². The lowest BCUT2D eigenvalue weighted by molar-refractivity contribution is 0.0944. The van der Waals surface area contributed by atoms with E-state index in [4.69, 9.17) is 9.47 Å². The van der Waals surface area contributed by atoms with Crippen LogP contribution in [-0.2, 0) is 16.4 Å². The van der Waals surface area contributed by atoms with E-state index in [2.05, 4.69) is 10.3 Å². The number of carbonyl (C=O) groups excluding carboxylic acids is 1. The highest BCUT2D eigenvalue weighted by Gasteiger charge is 2.17. The minimum atomic E-state index is -3.86. The van der Waals surface area contributed by atoms with Gasteiger partial charge in [0.1, 0.15) is 0 Å². The van der Waals surface area contributed by atoms with Crippen molar-refractivity contribution in [2.24, 2.45) is 0 Å². The maximum atomic E-state index is 12.3. The molecular weight excluding hydrogens is 356 g/mol. The number of benzene rings is 2. The van der Waals surface area contributed by atoms with Crippen molar-refractivity contribution >= 4 is 15.9 Å². The van der Waals surface area contributed by atoms with Crippen LogP contribution in [0.15, 0.2) is 47.4 Å². The Hall–Kier alpha value is -2.58. The van der Waals surface area contributed by atoms with Gasteiger partial charge in [0.05, 0.1) is 18.6 Å². The van der Waals surface area contributed by atoms with Crippen LogP contribution in [0.2, 0.25) is 0 Å². The van der Waals surface area contributed by atoms with Gasteiger partial charge in [0.15, 0.2) is 11.5 Å². The van der Waals surface area contributed by atoms with Crippen LogP contribution in [0.4, 0.5) is 0 Å². The summed E-state index contributed by atoms with van der Waals surface area (Å²) in [6.45, 7) is 4.27. The Morgan fingerprint density at radius 1 is 1.04 bits per heavy atom. The Labute approximate surface area is 153 Å². The molecule has 2 aromatic carbocycles. The molecule has 0 aliphatic heterocycles. The van der Waals surface area contributed by atoms with Crippen molar-refractivity contribution in [2.75, 3.05) is 13.7 Å². The molecule has 0 saturated heterocycles. The smallest absolute Gasteiger partial charge is 0.266 e. The second-order valence-electron chi connectivity index (χ2n) is 5.36. The van der Waals surface area contributed by atoms with E-state index in [1.165, 1.54) is 31.4 Å². The zero-order valence-electron chi connectivity index (χ0n) is 14.9. The molecule has 0 atom stereocenters. The van der Waals surface area contributed by atoms with E-state index in [-0.39, 0.29) is 10.5 Å². The predicted molar refractivity (Wildman–Crippen MR) is 97.8 cm³/mol. The van der Waals surface area contributed by atoms with Gasteiger partial charge in [-0.05, 0) is 49.2 Å². The molecule has 0 aromatic heterocycles. The molecule has 0 saturated carbocycles. The van der Waals surface area contributed by atoms with Crippen LogP contribution in [0.25, 0.3) is 0 Å². The summed E-state index contributed by atoms with van der Waals surface area (Å²) < 4.78 is 35.1. The minimum Gasteiger partial charge on any atom is -0.493 e. The summed E-state index contributed by atoms with van der Waals surface area (Å²) in [7, 11) is -2.40. The Kier molecular flexibility index (Phi) is 6.59. The van der Waals surface area contributed by atoms with Crippen molar-refractivity contribution in [1.82, 2.24) is 10.3 Å². The molecule has 26 heavy (non-hydrogen) atoms. The fourth-order valence-corrected chi connectivity index (χ4v) is 3.07. The number of carbonyl (C=O) groups is 1. The number of hydrazine groups is 1. The molecule has 0 heterocycles. The fraction of sp³-hybridized carbons (Fsp3) is 0.278. The first-order valence-electron chi connectivity index (χ1n) is 8.13. The average molecular weight is 378 g/mol. The maximum Gasteiger partial charge on any atom is 0.266 e. The maximum absolute atomic E-state index is 12.3. The van der Waals surface area contributed by atoms with Crippen molar-refractivity contribution in [3.05, 3.63) is 53.6 Å². The summed E-state index contributed by atoms with van der Waals surface area (Å²) >= 11 is 0. The second-order valence-corrected chi connectivity index (χ2v) is 7.04. The molecule has 140 valence electrons. The number of nitrogens with one attached hydrogen (secondary N) is 2. The SMILES string of the molecule is CCOc1ccc(C(=O)NNS(=O)(=O)c2ccc(CC)cc2)cc1OC. The monoisotopic (exact) mass is 378 g/mol. The van der Waals surface area contributed by atoms with E-state index < -0.39 is 15.9 Å². The molecule has 0 aliphatic rings. The molecule has 7 nitrogen and oxygen atoms in total. The highest BCUT2D eigenvalue weighted by Crippen LogP contribution is 2.27. The summed E-state index contributed by atoms with van der Waals surface area (Å²) in [4.78, 5) is 14.4. The topological polar surface area (TPSA) is 93.7 Å². The summed E-state index contributed by atoms with van der Waals surface area (Å²) in [5.41, 5.74) is 3.45. The van der Waals surface area contributed by atoms with Gasteiger partial charge < -0.3 is 9.47 Å². The molecule has 0 bridgehead atoms. The molecule has 0 fully saturated rings. The molecule has 2 rings (SSSR count). The van der Waals surface area contributed by atoms with Crippen molar-refractivity contribution < 1.29 is 22.7 Å². The normalized spacial score (nSPS) is 11.0. The van der Waals surface area contributed by atoms with E-state index in [0.29, 0.717) is 18.1 Å². The van der Waals surface area contributed by atoms with Gasteiger partial charge in [-0.2, -0.15) is 0 Å². The van der Waals surface area contributed by atoms with E-state index in [0.717, 1.165) is 12.0 Å². The van der Waals surface area contributed by atoms with Gasteiger partial charge in [0.25, 0.3) is 15.9 Å². The second kappa shape index (κ2) is 8.68. The summed E-state index contributed by atoms with van der Waals surface area (Å²) in [6, 6.07) is 11.0. The van der Waals surface area contributed by atoms with Crippen LogP contribution in [-0.4, -0.2) is 28.0 Å². The summed E-state index contributed by atoms with van der Waals surface area (Å²) in [5, 5.41) is 0. The molecule has 0 radical (unpaired) electrons. The molecule has 0 aliphatic carbocycles. The highest BCUT2D eigenvalue weighted by atomic mass is 32.2. The average Bonchev–Trinajstić information content (AvgIpc) is 2.66. The first kappa shape index (κ1) is 19.7. The number of amides is 1. The largest absolute Gasteiger partial charge is 0.493 e. The van der Waals surface area contributed by atoms with E-state index in [9.17, 15) is 13.2 Å². The molecule has 2 aromatic rings. The van der Waals surface area contributed by atoms with Gasteiger partial charge in [-0.25, -0.2) is 8.42 Å². The predicted octanol–water partition coefficient (Wildman–Crippen LogP) is 2.28. The van der Waals surface area contributed by atoms with Gasteiger partial charge in [0, 0.05) is 5.56 Å². The molecule has 1 amide bonds. The third-order valence-electron chi connectivity index (χ3n) is 3.67. The Bertz CT molecular complexity index is 864. The summed E-state index contributed by atoms with van der Waals surface area (Å²) in [5.74, 6) is 0.278. The zero-order chi connectivity index (χ0) is 19.2. The third kappa shape index (κ3) is 4.74. The van der Waals surface area contributed by atoms with Crippen LogP contribution < -0.4 is 19.7 Å². The van der Waals surface area contributed by atoms with Gasteiger partial charge in [0.2, 0.25) is 0 Å². The van der Waals surface area contributed by atoms with Crippen LogP contribution in [0.1, 0.15) is 29.8 Å². The fourth-order valence-electron chi connectivity index (χ4n) is 2.23. The Balaban J connectivity index is 2.09. The van der Waals surface area contributed by atoms with E-state index >= 15 is 0 Å². The van der Waals surface area contributed by atoms with Crippen molar-refractivity contribution in [2.45, 2.75) is 25.2 Å². The van der Waals surface area contributed by atoms with Crippen LogP contribution >= 0.6 is 0 Å². The van der Waals surface area contributed by atoms with Crippen molar-refractivity contribution in [3.8, 4) is 11.5 Å². The molecule has 0 unspecified atom stereocenters. The molecular formula is C18H22N2O5S. The number of sulfonamides is 1. The van der Waals surface area contributed by atoms with E-state index in [1.54, 1.807) is 18.2 Å². The lowest BCUT2D eigenvalue weighted by atomic mass is 10.2. The molecule has 8 heteroatoms. The number of hydrogen-bond donors (Lipinski definition) is 2. The summed E-state index contributed by atoms with van der Waals surface area (Å²) in [6.07, 6.45) is 0.810. The van der Waals surface area contributed by atoms with Gasteiger partial charge >= 0.3 is 0 Å². The van der Waals surface area contributed by atoms with Gasteiger partial charge in [-0.3, -0.25) is 10.2 Å². The molecule has 2 N–H and O–H groups in total. The number of methoxy groups -OCH3 is 1. The first-order chi connectivity index (χ1) is 12.4. The first-order valence-corrected chi connectivity index (χ1v) is 9.61. The highest BCUT2D eigenvalue weighted by molar-refractivity contribution is 7.89. The van der Waals surface area contributed by atoms with Crippen molar-refractivity contribution in [3.63, 3.8) is 0 Å². The zero-order valence-corrected chi connectivity index (χ0v) is 15.7. The number of ether oxygens (including phenoxy) is 2. The number of rotatable bonds is 8. The van der Waals surface area contributed by atoms with Crippen LogP contribution in [0, 0.1) is 0 Å². The quantitative estimate of drug-likeness (QED) is 0.688. The Morgan fingerprint density at radius 2 is 1.73 bits per heavy atom. The standard InChI is InChI=1S/C18H22N2O5S/c1-4-13-6-9-15(10-7-13)26(22,23)20-19-18(21)14-8-11-16(25-5-2)17(12-14)24-3/h6-12,20H,4-5H2,1-3H3,(H,19,21).